The van der Waals surface area contributed by atoms with Crippen molar-refractivity contribution >= 4 is 17.5 Å². The average molecular weight is 436 g/mol. The molecule has 4 rings (SSSR count). The van der Waals surface area contributed by atoms with Crippen molar-refractivity contribution < 1.29 is 14.3 Å². The van der Waals surface area contributed by atoms with Gasteiger partial charge in [0.2, 0.25) is 11.8 Å². The van der Waals surface area contributed by atoms with Crippen LogP contribution in [0.2, 0.25) is 0 Å². The van der Waals surface area contributed by atoms with Crippen molar-refractivity contribution in [3.05, 3.63) is 65.7 Å². The van der Waals surface area contributed by atoms with Crippen LogP contribution in [0, 0.1) is 0 Å². The van der Waals surface area contributed by atoms with E-state index >= 15 is 0 Å². The monoisotopic (exact) mass is 435 g/mol. The maximum atomic E-state index is 13.7. The Morgan fingerprint density at radius 2 is 1.59 bits per heavy atom. The first kappa shape index (κ1) is 22.5. The molecule has 2 aromatic rings. The minimum absolute atomic E-state index is 0.00383. The average Bonchev–Trinajstić information content (AvgIpc) is 2.85. The van der Waals surface area contributed by atoms with Crippen molar-refractivity contribution in [2.45, 2.75) is 31.6 Å². The molecule has 2 heterocycles. The van der Waals surface area contributed by atoms with Crippen LogP contribution in [-0.2, 0) is 26.2 Å². The van der Waals surface area contributed by atoms with Gasteiger partial charge in [0, 0.05) is 45.1 Å². The minimum Gasteiger partial charge on any atom is -0.381 e. The highest BCUT2D eigenvalue weighted by molar-refractivity contribution is 5.93. The summed E-state index contributed by atoms with van der Waals surface area (Å²) >= 11 is 0. The number of carbonyl (C=O) groups is 2. The number of aryl methyl sites for hydroxylation is 1. The van der Waals surface area contributed by atoms with Crippen molar-refractivity contribution in [1.29, 1.82) is 0 Å². The highest BCUT2D eigenvalue weighted by atomic mass is 16.5. The second-order valence-electron chi connectivity index (χ2n) is 8.69. The van der Waals surface area contributed by atoms with Gasteiger partial charge >= 0.3 is 0 Å². The van der Waals surface area contributed by atoms with Gasteiger partial charge in [0.1, 0.15) is 0 Å². The molecule has 0 aromatic heterocycles. The Morgan fingerprint density at radius 3 is 2.28 bits per heavy atom. The van der Waals surface area contributed by atoms with Gasteiger partial charge in [-0.1, -0.05) is 55.5 Å². The predicted molar refractivity (Wildman–Crippen MR) is 126 cm³/mol. The van der Waals surface area contributed by atoms with E-state index in [2.05, 4.69) is 29.3 Å². The van der Waals surface area contributed by atoms with Gasteiger partial charge in [-0.2, -0.15) is 0 Å². The Hall–Kier alpha value is -2.70. The van der Waals surface area contributed by atoms with Crippen LogP contribution in [0.1, 0.15) is 30.9 Å². The maximum Gasteiger partial charge on any atom is 0.238 e. The van der Waals surface area contributed by atoms with Crippen molar-refractivity contribution in [1.82, 2.24) is 9.80 Å². The summed E-state index contributed by atoms with van der Waals surface area (Å²) in [6.07, 6.45) is 2.32. The number of nitrogens with zero attached hydrogens (tertiary/aromatic N) is 2. The number of anilines is 1. The molecule has 0 radical (unpaired) electrons. The summed E-state index contributed by atoms with van der Waals surface area (Å²) in [5, 5.41) is 3.05. The lowest BCUT2D eigenvalue weighted by Crippen LogP contribution is -2.56. The molecule has 6 heteroatoms. The molecule has 2 aliphatic rings. The first-order valence-corrected chi connectivity index (χ1v) is 11.6. The van der Waals surface area contributed by atoms with Crippen LogP contribution in [0.5, 0.6) is 0 Å². The Bertz CT molecular complexity index is 917. The van der Waals surface area contributed by atoms with Crippen molar-refractivity contribution in [2.24, 2.45) is 0 Å². The highest BCUT2D eigenvalue weighted by Gasteiger charge is 2.44. The number of para-hydroxylation sites is 1. The molecule has 2 fully saturated rings. The molecule has 2 amide bonds. The number of piperazine rings is 1. The molecule has 170 valence electrons. The molecular weight excluding hydrogens is 402 g/mol. The molecule has 32 heavy (non-hydrogen) atoms. The number of hydrogen-bond acceptors (Lipinski definition) is 4. The Labute approximate surface area is 190 Å². The Balaban J connectivity index is 1.35. The van der Waals surface area contributed by atoms with Crippen molar-refractivity contribution in [3.8, 4) is 0 Å². The number of amides is 2. The first-order valence-electron chi connectivity index (χ1n) is 11.6. The zero-order valence-corrected chi connectivity index (χ0v) is 18.9. The molecule has 2 aromatic carbocycles. The van der Waals surface area contributed by atoms with Crippen LogP contribution in [-0.4, -0.2) is 67.6 Å². The van der Waals surface area contributed by atoms with E-state index < -0.39 is 5.41 Å². The smallest absolute Gasteiger partial charge is 0.238 e. The second-order valence-corrected chi connectivity index (χ2v) is 8.69. The number of benzene rings is 2. The third kappa shape index (κ3) is 4.87. The maximum absolute atomic E-state index is 13.7. The van der Waals surface area contributed by atoms with E-state index in [9.17, 15) is 9.59 Å². The largest absolute Gasteiger partial charge is 0.381 e. The van der Waals surface area contributed by atoms with E-state index in [-0.39, 0.29) is 11.8 Å². The molecular formula is C26H33N3O3. The zero-order valence-electron chi connectivity index (χ0n) is 18.9. The van der Waals surface area contributed by atoms with Gasteiger partial charge < -0.3 is 15.0 Å². The van der Waals surface area contributed by atoms with Gasteiger partial charge in [-0.05, 0) is 36.5 Å². The van der Waals surface area contributed by atoms with Crippen LogP contribution in [0.25, 0.3) is 0 Å². The lowest BCUT2D eigenvalue weighted by molar-refractivity contribution is -0.143. The molecule has 1 N–H and O–H groups in total. The fourth-order valence-corrected chi connectivity index (χ4v) is 4.86. The number of nitrogens with one attached hydrogen (secondary N) is 1. The zero-order chi connectivity index (χ0) is 22.4. The molecule has 0 spiro atoms. The standard InChI is InChI=1S/C26H33N3O3/c1-2-21-8-6-7-11-23(21)27-24(30)20-28-14-16-29(17-15-28)25(31)26(12-18-32-19-13-26)22-9-4-3-5-10-22/h3-11H,2,12-20H2,1H3,(H,27,30). The summed E-state index contributed by atoms with van der Waals surface area (Å²) < 4.78 is 5.59. The third-order valence-corrected chi connectivity index (χ3v) is 6.78. The van der Waals surface area contributed by atoms with E-state index in [0.29, 0.717) is 45.9 Å². The SMILES string of the molecule is CCc1ccccc1NC(=O)CN1CCN(C(=O)C2(c3ccccc3)CCOCC2)CC1. The van der Waals surface area contributed by atoms with Gasteiger partial charge in [0.25, 0.3) is 0 Å². The van der Waals surface area contributed by atoms with Crippen molar-refractivity contribution in [3.63, 3.8) is 0 Å². The van der Waals surface area contributed by atoms with Crippen LogP contribution in [0.15, 0.2) is 54.6 Å². The summed E-state index contributed by atoms with van der Waals surface area (Å²) in [5.74, 6) is 0.198. The lowest BCUT2D eigenvalue weighted by atomic mass is 9.73. The normalized spacial score (nSPS) is 18.8. The number of carbonyl (C=O) groups excluding carboxylic acids is 2. The fraction of sp³-hybridized carbons (Fsp3) is 0.462. The molecule has 0 atom stereocenters. The Kier molecular flexibility index (Phi) is 7.22. The van der Waals surface area contributed by atoms with Crippen LogP contribution < -0.4 is 5.32 Å². The summed E-state index contributed by atoms with van der Waals surface area (Å²) in [4.78, 5) is 30.4. The van der Waals surface area contributed by atoms with Crippen LogP contribution >= 0.6 is 0 Å². The van der Waals surface area contributed by atoms with E-state index in [1.54, 1.807) is 0 Å². The van der Waals surface area contributed by atoms with E-state index in [1.165, 1.54) is 0 Å². The van der Waals surface area contributed by atoms with Crippen LogP contribution in [0.4, 0.5) is 5.69 Å². The van der Waals surface area contributed by atoms with Gasteiger partial charge in [-0.15, -0.1) is 0 Å². The van der Waals surface area contributed by atoms with Crippen LogP contribution in [0.3, 0.4) is 0 Å². The van der Waals surface area contributed by atoms with E-state index in [4.69, 9.17) is 4.74 Å². The molecule has 2 aliphatic heterocycles. The summed E-state index contributed by atoms with van der Waals surface area (Å²) in [6.45, 7) is 6.35. The minimum atomic E-state index is -0.497. The second kappa shape index (κ2) is 10.3. The number of ether oxygens (including phenoxy) is 1. The highest BCUT2D eigenvalue weighted by Crippen LogP contribution is 2.37. The number of hydrogen-bond donors (Lipinski definition) is 1. The number of rotatable bonds is 6. The predicted octanol–water partition coefficient (Wildman–Crippen LogP) is 3.08. The van der Waals surface area contributed by atoms with Gasteiger partial charge in [-0.25, -0.2) is 0 Å². The molecule has 0 unspecified atom stereocenters. The van der Waals surface area contributed by atoms with Gasteiger partial charge in [0.05, 0.1) is 12.0 Å². The molecule has 0 aliphatic carbocycles. The fourth-order valence-electron chi connectivity index (χ4n) is 4.86. The van der Waals surface area contributed by atoms with E-state index in [1.807, 2.05) is 47.4 Å². The van der Waals surface area contributed by atoms with Crippen molar-refractivity contribution in [2.75, 3.05) is 51.3 Å². The summed E-state index contributed by atoms with van der Waals surface area (Å²) in [6, 6.07) is 18.1. The summed E-state index contributed by atoms with van der Waals surface area (Å²) in [7, 11) is 0. The quantitative estimate of drug-likeness (QED) is 0.758. The van der Waals surface area contributed by atoms with Gasteiger partial charge in [-0.3, -0.25) is 14.5 Å². The van der Waals surface area contributed by atoms with E-state index in [0.717, 1.165) is 36.1 Å². The third-order valence-electron chi connectivity index (χ3n) is 6.78. The Morgan fingerprint density at radius 1 is 0.938 bits per heavy atom. The molecule has 0 saturated carbocycles. The first-order chi connectivity index (χ1) is 15.6. The topological polar surface area (TPSA) is 61.9 Å². The molecule has 2 saturated heterocycles. The molecule has 0 bridgehead atoms. The summed E-state index contributed by atoms with van der Waals surface area (Å²) in [5.41, 5.74) is 2.62. The lowest BCUT2D eigenvalue weighted by Gasteiger charge is -2.43. The van der Waals surface area contributed by atoms with Gasteiger partial charge in [0.15, 0.2) is 0 Å². The molecule has 6 nitrogen and oxygen atoms in total.